The molecule has 0 aliphatic heterocycles. The van der Waals surface area contributed by atoms with Crippen molar-refractivity contribution in [3.63, 3.8) is 0 Å². The third-order valence-corrected chi connectivity index (χ3v) is 3.00. The van der Waals surface area contributed by atoms with Gasteiger partial charge in [0.05, 0.1) is 13.4 Å². The fourth-order valence-corrected chi connectivity index (χ4v) is 1.84. The molecular weight excluding hydrogens is 268 g/mol. The van der Waals surface area contributed by atoms with Gasteiger partial charge in [-0.15, -0.1) is 0 Å². The monoisotopic (exact) mass is 288 g/mol. The molecule has 0 radical (unpaired) electrons. The predicted molar refractivity (Wildman–Crippen MR) is 74.2 cm³/mol. The highest BCUT2D eigenvalue weighted by Gasteiger charge is 1.98. The van der Waals surface area contributed by atoms with Crippen molar-refractivity contribution in [2.45, 2.75) is 0 Å². The van der Waals surface area contributed by atoms with Gasteiger partial charge in [0.1, 0.15) is 18.1 Å². The number of nitrogens with one attached hydrogen (secondary N) is 2. The second-order valence-corrected chi connectivity index (χ2v) is 5.77. The summed E-state index contributed by atoms with van der Waals surface area (Å²) < 4.78 is 34.5. The molecule has 1 aromatic carbocycles. The summed E-state index contributed by atoms with van der Waals surface area (Å²) in [6.07, 6.45) is 1.14. The van der Waals surface area contributed by atoms with Gasteiger partial charge < -0.3 is 14.8 Å². The van der Waals surface area contributed by atoms with E-state index in [1.807, 2.05) is 24.3 Å². The molecule has 6 nitrogen and oxygen atoms in total. The third-order valence-electron chi connectivity index (χ3n) is 2.27. The van der Waals surface area contributed by atoms with Gasteiger partial charge in [0.15, 0.2) is 0 Å². The Labute approximate surface area is 114 Å². The van der Waals surface area contributed by atoms with Gasteiger partial charge in [0, 0.05) is 19.6 Å². The van der Waals surface area contributed by atoms with E-state index in [2.05, 4.69) is 10.0 Å². The average molecular weight is 288 g/mol. The Morgan fingerprint density at radius 1 is 1.05 bits per heavy atom. The highest BCUT2D eigenvalue weighted by molar-refractivity contribution is 7.88. The molecule has 0 bridgehead atoms. The number of hydrogen-bond donors (Lipinski definition) is 2. The van der Waals surface area contributed by atoms with E-state index in [0.717, 1.165) is 17.8 Å². The quantitative estimate of drug-likeness (QED) is 0.635. The van der Waals surface area contributed by atoms with Crippen molar-refractivity contribution < 1.29 is 17.9 Å². The van der Waals surface area contributed by atoms with Crippen LogP contribution in [0.1, 0.15) is 0 Å². The molecule has 2 N–H and O–H groups in total. The zero-order valence-electron chi connectivity index (χ0n) is 11.2. The first-order valence-corrected chi connectivity index (χ1v) is 7.82. The topological polar surface area (TPSA) is 76.7 Å². The molecule has 0 fully saturated rings. The molecule has 0 aliphatic rings. The van der Waals surface area contributed by atoms with E-state index in [1.54, 1.807) is 7.11 Å². The standard InChI is InChI=1S/C12H20N2O4S/c1-17-11-3-5-12(6-4-11)18-10-9-13-7-8-14-19(2,15)16/h3-6,13-14H,7-10H2,1-2H3. The maximum Gasteiger partial charge on any atom is 0.208 e. The van der Waals surface area contributed by atoms with Crippen molar-refractivity contribution in [1.29, 1.82) is 0 Å². The normalized spacial score (nSPS) is 11.3. The van der Waals surface area contributed by atoms with Gasteiger partial charge in [0.25, 0.3) is 0 Å². The molecule has 1 aromatic rings. The lowest BCUT2D eigenvalue weighted by Crippen LogP contribution is -2.32. The van der Waals surface area contributed by atoms with E-state index in [0.29, 0.717) is 26.2 Å². The van der Waals surface area contributed by atoms with E-state index in [4.69, 9.17) is 9.47 Å². The molecule has 0 atom stereocenters. The average Bonchev–Trinajstić information content (AvgIpc) is 2.37. The molecule has 0 saturated heterocycles. The van der Waals surface area contributed by atoms with Crippen LogP contribution in [0.5, 0.6) is 11.5 Å². The number of rotatable bonds is 9. The van der Waals surface area contributed by atoms with Gasteiger partial charge in [-0.05, 0) is 24.3 Å². The molecule has 0 aliphatic carbocycles. The maximum atomic E-state index is 10.8. The van der Waals surface area contributed by atoms with Crippen molar-refractivity contribution in [1.82, 2.24) is 10.0 Å². The molecule has 7 heteroatoms. The molecule has 0 amide bonds. The first kappa shape index (κ1) is 15.7. The van der Waals surface area contributed by atoms with Crippen LogP contribution in [-0.2, 0) is 10.0 Å². The first-order chi connectivity index (χ1) is 9.01. The summed E-state index contributed by atoms with van der Waals surface area (Å²) in [5.41, 5.74) is 0. The van der Waals surface area contributed by atoms with Gasteiger partial charge in [-0.25, -0.2) is 13.1 Å². The van der Waals surface area contributed by atoms with Crippen LogP contribution in [0.25, 0.3) is 0 Å². The summed E-state index contributed by atoms with van der Waals surface area (Å²) >= 11 is 0. The largest absolute Gasteiger partial charge is 0.497 e. The van der Waals surface area contributed by atoms with Crippen LogP contribution < -0.4 is 19.5 Å². The van der Waals surface area contributed by atoms with Gasteiger partial charge >= 0.3 is 0 Å². The molecule has 0 saturated carbocycles. The number of ether oxygens (including phenoxy) is 2. The Morgan fingerprint density at radius 2 is 1.68 bits per heavy atom. The summed E-state index contributed by atoms with van der Waals surface area (Å²) in [7, 11) is -1.48. The third kappa shape index (κ3) is 7.66. The van der Waals surface area contributed by atoms with Crippen LogP contribution in [0, 0.1) is 0 Å². The van der Waals surface area contributed by atoms with Crippen LogP contribution in [0.3, 0.4) is 0 Å². The Kier molecular flexibility index (Phi) is 6.61. The van der Waals surface area contributed by atoms with E-state index in [1.165, 1.54) is 0 Å². The van der Waals surface area contributed by atoms with Crippen molar-refractivity contribution >= 4 is 10.0 Å². The molecular formula is C12H20N2O4S. The Balaban J connectivity index is 2.07. The zero-order valence-corrected chi connectivity index (χ0v) is 12.0. The number of sulfonamides is 1. The highest BCUT2D eigenvalue weighted by atomic mass is 32.2. The van der Waals surface area contributed by atoms with Crippen molar-refractivity contribution in [2.24, 2.45) is 0 Å². The summed E-state index contributed by atoms with van der Waals surface area (Å²) in [5.74, 6) is 1.56. The second-order valence-electron chi connectivity index (χ2n) is 3.94. The van der Waals surface area contributed by atoms with Crippen molar-refractivity contribution in [3.8, 4) is 11.5 Å². The summed E-state index contributed by atoms with van der Waals surface area (Å²) in [6, 6.07) is 7.34. The van der Waals surface area contributed by atoms with Crippen LogP contribution >= 0.6 is 0 Å². The van der Waals surface area contributed by atoms with E-state index in [-0.39, 0.29) is 0 Å². The maximum absolute atomic E-state index is 10.8. The molecule has 0 spiro atoms. The summed E-state index contributed by atoms with van der Waals surface area (Å²) in [4.78, 5) is 0. The van der Waals surface area contributed by atoms with Crippen molar-refractivity contribution in [2.75, 3.05) is 39.6 Å². The zero-order chi connectivity index (χ0) is 14.1. The lowest BCUT2D eigenvalue weighted by Gasteiger charge is -2.08. The van der Waals surface area contributed by atoms with Crippen LogP contribution in [0.2, 0.25) is 0 Å². The molecule has 0 heterocycles. The van der Waals surface area contributed by atoms with Crippen LogP contribution in [0.15, 0.2) is 24.3 Å². The molecule has 0 aromatic heterocycles. The predicted octanol–water partition coefficient (Wildman–Crippen LogP) is 0.213. The lowest BCUT2D eigenvalue weighted by molar-refractivity contribution is 0.314. The molecule has 19 heavy (non-hydrogen) atoms. The van der Waals surface area contributed by atoms with Gasteiger partial charge in [-0.3, -0.25) is 0 Å². The smallest absolute Gasteiger partial charge is 0.208 e. The molecule has 1 rings (SSSR count). The van der Waals surface area contributed by atoms with Gasteiger partial charge in [-0.1, -0.05) is 0 Å². The summed E-state index contributed by atoms with van der Waals surface area (Å²) in [6.45, 7) is 2.11. The summed E-state index contributed by atoms with van der Waals surface area (Å²) in [5, 5.41) is 3.07. The van der Waals surface area contributed by atoms with E-state index >= 15 is 0 Å². The Hall–Kier alpha value is -1.31. The lowest BCUT2D eigenvalue weighted by atomic mass is 10.3. The molecule has 0 unspecified atom stereocenters. The number of hydrogen-bond acceptors (Lipinski definition) is 5. The SMILES string of the molecule is COc1ccc(OCCNCCNS(C)(=O)=O)cc1. The minimum absolute atomic E-state index is 0.376. The fourth-order valence-electron chi connectivity index (χ4n) is 1.36. The van der Waals surface area contributed by atoms with Crippen molar-refractivity contribution in [3.05, 3.63) is 24.3 Å². The van der Waals surface area contributed by atoms with Crippen LogP contribution in [-0.4, -0.2) is 48.0 Å². The minimum atomic E-state index is -3.10. The van der Waals surface area contributed by atoms with Gasteiger partial charge in [0.2, 0.25) is 10.0 Å². The Bertz CT molecular complexity index is 459. The Morgan fingerprint density at radius 3 is 2.26 bits per heavy atom. The van der Waals surface area contributed by atoms with Gasteiger partial charge in [-0.2, -0.15) is 0 Å². The van der Waals surface area contributed by atoms with Crippen LogP contribution in [0.4, 0.5) is 0 Å². The first-order valence-electron chi connectivity index (χ1n) is 5.93. The van der Waals surface area contributed by atoms with E-state index in [9.17, 15) is 8.42 Å². The highest BCUT2D eigenvalue weighted by Crippen LogP contribution is 2.16. The number of benzene rings is 1. The minimum Gasteiger partial charge on any atom is -0.497 e. The second kappa shape index (κ2) is 7.98. The van der Waals surface area contributed by atoms with E-state index < -0.39 is 10.0 Å². The number of methoxy groups -OCH3 is 1. The molecule has 108 valence electrons. The fraction of sp³-hybridized carbons (Fsp3) is 0.500.